The molecule has 11 nitrogen and oxygen atoms in total. The summed E-state index contributed by atoms with van der Waals surface area (Å²) in [5.74, 6) is 0.565. The van der Waals surface area contributed by atoms with Gasteiger partial charge in [0, 0.05) is 80.5 Å². The lowest BCUT2D eigenvalue weighted by Crippen LogP contribution is -2.49. The van der Waals surface area contributed by atoms with Gasteiger partial charge in [-0.05, 0) is 72.7 Å². The average Bonchev–Trinajstić information content (AvgIpc) is 3.96. The summed E-state index contributed by atoms with van der Waals surface area (Å²) in [7, 11) is 1.64. The van der Waals surface area contributed by atoms with Gasteiger partial charge in [0.25, 0.3) is 17.4 Å². The van der Waals surface area contributed by atoms with Gasteiger partial charge in [0.2, 0.25) is 0 Å². The van der Waals surface area contributed by atoms with Gasteiger partial charge in [0.15, 0.2) is 5.82 Å². The monoisotopic (exact) mass is 648 g/mol. The Hall–Kier alpha value is -4.84. The van der Waals surface area contributed by atoms with Crippen LogP contribution in [0.1, 0.15) is 56.2 Å². The first-order valence-corrected chi connectivity index (χ1v) is 16.6. The van der Waals surface area contributed by atoms with Crippen LogP contribution in [0.15, 0.2) is 71.7 Å². The zero-order chi connectivity index (χ0) is 33.4. The fraction of sp³-hybridized carbons (Fsp3) is 0.351. The minimum Gasteiger partial charge on any atom is -0.395 e. The topological polar surface area (TPSA) is 131 Å². The van der Waals surface area contributed by atoms with E-state index in [1.165, 1.54) is 23.0 Å². The number of amides is 2. The van der Waals surface area contributed by atoms with Gasteiger partial charge in [0.05, 0.1) is 24.6 Å². The van der Waals surface area contributed by atoms with Gasteiger partial charge < -0.3 is 29.9 Å². The first kappa shape index (κ1) is 31.7. The number of aromatic nitrogens is 2. The number of nitrogens with zero attached hydrogens (tertiary/aromatic N) is 5. The third kappa shape index (κ3) is 6.24. The van der Waals surface area contributed by atoms with E-state index >= 15 is 0 Å². The third-order valence-corrected chi connectivity index (χ3v) is 9.68. The molecule has 2 fully saturated rings. The summed E-state index contributed by atoms with van der Waals surface area (Å²) in [6.07, 6.45) is 4.77. The van der Waals surface area contributed by atoms with Crippen LogP contribution in [0.3, 0.4) is 0 Å². The molecule has 2 aliphatic heterocycles. The van der Waals surface area contributed by atoms with E-state index in [1.54, 1.807) is 42.4 Å². The minimum absolute atomic E-state index is 0.0590. The molecule has 248 valence electrons. The number of aliphatic hydroxyl groups is 2. The molecule has 0 atom stereocenters. The molecule has 1 aromatic heterocycles. The Morgan fingerprint density at radius 1 is 0.938 bits per heavy atom. The van der Waals surface area contributed by atoms with Gasteiger partial charge in [-0.2, -0.15) is 0 Å². The van der Waals surface area contributed by atoms with Gasteiger partial charge in [-0.3, -0.25) is 19.3 Å². The number of nitrogens with one attached hydrogen (secondary N) is 1. The average molecular weight is 649 g/mol. The number of aryl methyl sites for hydroxylation is 1. The van der Waals surface area contributed by atoms with Crippen LogP contribution >= 0.6 is 0 Å². The molecule has 11 heteroatoms. The van der Waals surface area contributed by atoms with Crippen molar-refractivity contribution >= 4 is 29.0 Å². The van der Waals surface area contributed by atoms with Crippen molar-refractivity contribution in [1.29, 1.82) is 0 Å². The van der Waals surface area contributed by atoms with E-state index in [0.29, 0.717) is 71.4 Å². The normalized spacial score (nSPS) is 16.6. The molecule has 0 radical (unpaired) electrons. The predicted octanol–water partition coefficient (Wildman–Crippen LogP) is 3.51. The predicted molar refractivity (Wildman–Crippen MR) is 184 cm³/mol. The summed E-state index contributed by atoms with van der Waals surface area (Å²) >= 11 is 0. The smallest absolute Gasteiger partial charge is 0.293 e. The summed E-state index contributed by atoms with van der Waals surface area (Å²) in [5, 5.41) is 22.9. The molecule has 7 rings (SSSR count). The highest BCUT2D eigenvalue weighted by atomic mass is 16.3. The van der Waals surface area contributed by atoms with E-state index in [9.17, 15) is 24.6 Å². The summed E-state index contributed by atoms with van der Waals surface area (Å²) in [4.78, 5) is 50.3. The van der Waals surface area contributed by atoms with Crippen LogP contribution in [0.2, 0.25) is 0 Å². The first-order valence-electron chi connectivity index (χ1n) is 16.6. The van der Waals surface area contributed by atoms with Crippen LogP contribution in [-0.4, -0.2) is 87.3 Å². The number of hydrogen-bond donors (Lipinski definition) is 3. The van der Waals surface area contributed by atoms with Crippen molar-refractivity contribution in [2.24, 2.45) is 7.05 Å². The number of carbonyl (C=O) groups excluding carboxylic acids is 2. The minimum atomic E-state index is -0.338. The molecule has 3 N–H and O–H groups in total. The van der Waals surface area contributed by atoms with E-state index < -0.39 is 0 Å². The largest absolute Gasteiger partial charge is 0.395 e. The quantitative estimate of drug-likeness (QED) is 0.252. The summed E-state index contributed by atoms with van der Waals surface area (Å²) in [6, 6.07) is 18.7. The number of aliphatic hydroxyl groups excluding tert-OH is 2. The Labute approximate surface area is 279 Å². The number of carbonyl (C=O) groups is 2. The fourth-order valence-corrected chi connectivity index (χ4v) is 6.79. The highest BCUT2D eigenvalue weighted by molar-refractivity contribution is 6.09. The molecule has 3 heterocycles. The van der Waals surface area contributed by atoms with E-state index in [0.717, 1.165) is 25.1 Å². The Bertz CT molecular complexity index is 1910. The van der Waals surface area contributed by atoms with Crippen LogP contribution in [0.4, 0.5) is 17.2 Å². The Balaban J connectivity index is 1.11. The molecule has 1 aliphatic carbocycles. The lowest BCUT2D eigenvalue weighted by Gasteiger charge is -2.34. The zero-order valence-corrected chi connectivity index (χ0v) is 27.1. The van der Waals surface area contributed by atoms with E-state index in [2.05, 4.69) is 27.3 Å². The highest BCUT2D eigenvalue weighted by Gasteiger charge is 2.30. The number of anilines is 3. The van der Waals surface area contributed by atoms with Crippen molar-refractivity contribution in [2.75, 3.05) is 56.1 Å². The molecule has 3 aromatic carbocycles. The standard InChI is InChI=1S/C37H40N6O5/c1-40-22-32(39-34(37(40)48)38-28-10-7-25(8-11-28)35(46)42-17-15-41(16-18-42)19-20-44)30-3-2-4-33(31(30)23-45)43-14-13-27-21-26(24-5-6-24)9-12-29(27)36(43)47/h2-4,7-12,21-22,24,44-45H,5-6,13-20,23H2,1H3,(H,38,39). The Kier molecular flexibility index (Phi) is 8.83. The summed E-state index contributed by atoms with van der Waals surface area (Å²) in [5.41, 5.74) is 6.16. The third-order valence-electron chi connectivity index (χ3n) is 9.68. The molecule has 4 aromatic rings. The number of piperazine rings is 1. The molecule has 0 spiro atoms. The van der Waals surface area contributed by atoms with Crippen LogP contribution in [0, 0.1) is 0 Å². The lowest BCUT2D eigenvalue weighted by molar-refractivity contribution is 0.0615. The number of benzene rings is 3. The molecule has 0 unspecified atom stereocenters. The van der Waals surface area contributed by atoms with Crippen molar-refractivity contribution < 1.29 is 19.8 Å². The molecular formula is C37H40N6O5. The molecule has 2 amide bonds. The van der Waals surface area contributed by atoms with E-state index in [4.69, 9.17) is 0 Å². The number of hydrogen-bond acceptors (Lipinski definition) is 8. The zero-order valence-electron chi connectivity index (χ0n) is 27.1. The second-order valence-corrected chi connectivity index (χ2v) is 12.8. The molecule has 3 aliphatic rings. The second-order valence-electron chi connectivity index (χ2n) is 12.8. The van der Waals surface area contributed by atoms with E-state index in [1.807, 2.05) is 29.2 Å². The van der Waals surface area contributed by atoms with Crippen LogP contribution in [-0.2, 0) is 20.1 Å². The maximum Gasteiger partial charge on any atom is 0.293 e. The number of fused-ring (bicyclic) bond motifs is 1. The fourth-order valence-electron chi connectivity index (χ4n) is 6.79. The van der Waals surface area contributed by atoms with Crippen molar-refractivity contribution in [2.45, 2.75) is 31.8 Å². The molecule has 0 bridgehead atoms. The molecule has 1 saturated heterocycles. The van der Waals surface area contributed by atoms with Gasteiger partial charge >= 0.3 is 0 Å². The molecule has 1 saturated carbocycles. The SMILES string of the molecule is Cn1cc(-c2cccc(N3CCc4cc(C5CC5)ccc4C3=O)c2CO)nc(Nc2ccc(C(=O)N3CCN(CCO)CC3)cc2)c1=O. The van der Waals surface area contributed by atoms with Crippen LogP contribution < -0.4 is 15.8 Å². The lowest BCUT2D eigenvalue weighted by atomic mass is 9.93. The van der Waals surface area contributed by atoms with Gasteiger partial charge in [0.1, 0.15) is 0 Å². The maximum absolute atomic E-state index is 13.7. The van der Waals surface area contributed by atoms with Gasteiger partial charge in [-0.25, -0.2) is 4.98 Å². The number of β-amino-alcohol motifs (C(OH)–C–C–N with tert-alkyl or cyclic N) is 1. The van der Waals surface area contributed by atoms with Gasteiger partial charge in [-0.1, -0.05) is 24.3 Å². The molecular weight excluding hydrogens is 608 g/mol. The Morgan fingerprint density at radius 2 is 1.71 bits per heavy atom. The van der Waals surface area contributed by atoms with Crippen molar-refractivity contribution in [3.05, 3.63) is 105 Å². The van der Waals surface area contributed by atoms with Gasteiger partial charge in [-0.15, -0.1) is 0 Å². The van der Waals surface area contributed by atoms with Crippen LogP contribution in [0.5, 0.6) is 0 Å². The van der Waals surface area contributed by atoms with Crippen LogP contribution in [0.25, 0.3) is 11.3 Å². The molecule has 48 heavy (non-hydrogen) atoms. The number of rotatable bonds is 9. The van der Waals surface area contributed by atoms with Crippen molar-refractivity contribution in [1.82, 2.24) is 19.4 Å². The highest BCUT2D eigenvalue weighted by Crippen LogP contribution is 2.41. The summed E-state index contributed by atoms with van der Waals surface area (Å²) in [6.45, 7) is 3.55. The maximum atomic E-state index is 13.7. The Morgan fingerprint density at radius 3 is 2.42 bits per heavy atom. The van der Waals surface area contributed by atoms with Crippen molar-refractivity contribution in [3.8, 4) is 11.3 Å². The summed E-state index contributed by atoms with van der Waals surface area (Å²) < 4.78 is 1.44. The van der Waals surface area contributed by atoms with Crippen molar-refractivity contribution in [3.63, 3.8) is 0 Å². The van der Waals surface area contributed by atoms with E-state index in [-0.39, 0.29) is 36.4 Å². The first-order chi connectivity index (χ1) is 23.3. The second kappa shape index (κ2) is 13.3.